The Bertz CT molecular complexity index is 448. The molecule has 0 aliphatic heterocycles. The molecule has 0 aromatic carbocycles. The predicted octanol–water partition coefficient (Wildman–Crippen LogP) is 1.67. The summed E-state index contributed by atoms with van der Waals surface area (Å²) in [7, 11) is 0. The first-order valence-electron chi connectivity index (χ1n) is 4.46. The molecule has 0 radical (unpaired) electrons. The van der Waals surface area contributed by atoms with Crippen LogP contribution in [0.15, 0.2) is 28.4 Å². The Kier molecular flexibility index (Phi) is 2.82. The average Bonchev–Trinajstić information content (AvgIpc) is 2.77. The van der Waals surface area contributed by atoms with Crippen LogP contribution in [0.25, 0.3) is 0 Å². The van der Waals surface area contributed by atoms with Gasteiger partial charge in [0.2, 0.25) is 0 Å². The Morgan fingerprint density at radius 1 is 1.53 bits per heavy atom. The predicted molar refractivity (Wildman–Crippen MR) is 57.6 cm³/mol. The quantitative estimate of drug-likeness (QED) is 0.854. The summed E-state index contributed by atoms with van der Waals surface area (Å²) in [6.07, 6.45) is 3.85. The fraction of sp³-hybridized carbons (Fsp3) is 0.200. The first kappa shape index (κ1) is 9.92. The molecule has 0 aliphatic rings. The van der Waals surface area contributed by atoms with Gasteiger partial charge in [0.15, 0.2) is 5.13 Å². The van der Waals surface area contributed by atoms with Crippen molar-refractivity contribution in [3.8, 4) is 0 Å². The van der Waals surface area contributed by atoms with E-state index in [1.807, 2.05) is 5.38 Å². The zero-order valence-electron chi connectivity index (χ0n) is 7.97. The van der Waals surface area contributed by atoms with Gasteiger partial charge in [-0.15, -0.1) is 11.3 Å². The number of aromatic nitrogens is 1. The fourth-order valence-corrected chi connectivity index (χ4v) is 1.85. The van der Waals surface area contributed by atoms with Crippen LogP contribution in [0.3, 0.4) is 0 Å². The summed E-state index contributed by atoms with van der Waals surface area (Å²) >= 11 is 1.35. The number of nitrogens with zero attached hydrogens (tertiary/aromatic N) is 1. The van der Waals surface area contributed by atoms with E-state index in [-0.39, 0.29) is 5.78 Å². The summed E-state index contributed by atoms with van der Waals surface area (Å²) in [6.45, 7) is 0. The van der Waals surface area contributed by atoms with Gasteiger partial charge in [-0.2, -0.15) is 0 Å². The third kappa shape index (κ3) is 2.66. The van der Waals surface area contributed by atoms with Crippen LogP contribution in [0.5, 0.6) is 0 Å². The highest BCUT2D eigenvalue weighted by Crippen LogP contribution is 2.12. The molecule has 0 amide bonds. The number of hydrogen-bond donors (Lipinski definition) is 1. The smallest absolute Gasteiger partial charge is 0.180 e. The van der Waals surface area contributed by atoms with Crippen LogP contribution in [0.4, 0.5) is 5.13 Å². The SMILES string of the molecule is Nc1nc(CC(=O)Cc2ccoc2)cs1. The molecule has 2 N–H and O–H groups in total. The number of nitrogens with two attached hydrogens (primary N) is 1. The lowest BCUT2D eigenvalue weighted by Gasteiger charge is -1.94. The van der Waals surface area contributed by atoms with E-state index in [1.165, 1.54) is 11.3 Å². The van der Waals surface area contributed by atoms with Crippen LogP contribution in [0.1, 0.15) is 11.3 Å². The number of thiazole rings is 1. The standard InChI is InChI=1S/C10H10N2O2S/c11-10-12-8(6-15-10)4-9(13)3-7-1-2-14-5-7/h1-2,5-6H,3-4H2,(H2,11,12). The molecule has 0 spiro atoms. The van der Waals surface area contributed by atoms with Crippen LogP contribution in [-0.2, 0) is 17.6 Å². The van der Waals surface area contributed by atoms with Gasteiger partial charge in [0.1, 0.15) is 5.78 Å². The summed E-state index contributed by atoms with van der Waals surface area (Å²) in [4.78, 5) is 15.6. The van der Waals surface area contributed by atoms with Gasteiger partial charge in [-0.1, -0.05) is 0 Å². The second kappa shape index (κ2) is 4.27. The van der Waals surface area contributed by atoms with Gasteiger partial charge in [-0.3, -0.25) is 4.79 Å². The molecule has 0 bridgehead atoms. The maximum atomic E-state index is 11.6. The Morgan fingerprint density at radius 3 is 3.00 bits per heavy atom. The molecular formula is C10H10N2O2S. The number of carbonyl (C=O) groups is 1. The summed E-state index contributed by atoms with van der Waals surface area (Å²) in [5, 5.41) is 2.31. The maximum absolute atomic E-state index is 11.6. The number of carbonyl (C=O) groups excluding carboxylic acids is 1. The highest BCUT2D eigenvalue weighted by molar-refractivity contribution is 7.13. The average molecular weight is 222 g/mol. The van der Waals surface area contributed by atoms with Crippen molar-refractivity contribution in [1.82, 2.24) is 4.98 Å². The maximum Gasteiger partial charge on any atom is 0.180 e. The molecule has 2 rings (SSSR count). The van der Waals surface area contributed by atoms with Crippen LogP contribution < -0.4 is 5.73 Å². The molecule has 2 heterocycles. The van der Waals surface area contributed by atoms with E-state index >= 15 is 0 Å². The lowest BCUT2D eigenvalue weighted by atomic mass is 10.1. The van der Waals surface area contributed by atoms with E-state index < -0.39 is 0 Å². The van der Waals surface area contributed by atoms with Crippen molar-refractivity contribution in [2.75, 3.05) is 5.73 Å². The molecule has 5 heteroatoms. The Hall–Kier alpha value is -1.62. The number of furan rings is 1. The number of rotatable bonds is 4. The molecule has 0 fully saturated rings. The van der Waals surface area contributed by atoms with Crippen molar-refractivity contribution in [2.45, 2.75) is 12.8 Å². The van der Waals surface area contributed by atoms with Crippen molar-refractivity contribution >= 4 is 22.3 Å². The summed E-state index contributed by atoms with van der Waals surface area (Å²) < 4.78 is 4.88. The third-order valence-corrected chi connectivity index (χ3v) is 2.65. The second-order valence-electron chi connectivity index (χ2n) is 3.20. The minimum Gasteiger partial charge on any atom is -0.472 e. The minimum absolute atomic E-state index is 0.113. The van der Waals surface area contributed by atoms with E-state index in [0.717, 1.165) is 11.3 Å². The second-order valence-corrected chi connectivity index (χ2v) is 4.09. The number of nitrogen functional groups attached to an aromatic ring is 1. The van der Waals surface area contributed by atoms with Crippen LogP contribution in [-0.4, -0.2) is 10.8 Å². The monoisotopic (exact) mass is 222 g/mol. The topological polar surface area (TPSA) is 69.1 Å². The summed E-state index contributed by atoms with van der Waals surface area (Å²) in [5.74, 6) is 0.113. The van der Waals surface area contributed by atoms with E-state index in [4.69, 9.17) is 10.2 Å². The van der Waals surface area contributed by atoms with E-state index in [9.17, 15) is 4.79 Å². The summed E-state index contributed by atoms with van der Waals surface area (Å²) in [5.41, 5.74) is 7.10. The summed E-state index contributed by atoms with van der Waals surface area (Å²) in [6, 6.07) is 1.79. The molecule has 2 aromatic rings. The van der Waals surface area contributed by atoms with Gasteiger partial charge in [-0.25, -0.2) is 4.98 Å². The van der Waals surface area contributed by atoms with Crippen molar-refractivity contribution in [2.24, 2.45) is 0 Å². The first-order chi connectivity index (χ1) is 7.24. The molecule has 4 nitrogen and oxygen atoms in total. The van der Waals surface area contributed by atoms with E-state index in [1.54, 1.807) is 18.6 Å². The van der Waals surface area contributed by atoms with Gasteiger partial charge in [0, 0.05) is 18.2 Å². The lowest BCUT2D eigenvalue weighted by Crippen LogP contribution is -2.06. The molecule has 0 saturated heterocycles. The lowest BCUT2D eigenvalue weighted by molar-refractivity contribution is -0.117. The van der Waals surface area contributed by atoms with Crippen molar-refractivity contribution in [3.05, 3.63) is 35.2 Å². The number of anilines is 1. The van der Waals surface area contributed by atoms with Crippen LogP contribution >= 0.6 is 11.3 Å². The molecule has 15 heavy (non-hydrogen) atoms. The van der Waals surface area contributed by atoms with Gasteiger partial charge in [-0.05, 0) is 11.6 Å². The normalized spacial score (nSPS) is 10.4. The fourth-order valence-electron chi connectivity index (χ4n) is 1.29. The van der Waals surface area contributed by atoms with Crippen molar-refractivity contribution in [3.63, 3.8) is 0 Å². The van der Waals surface area contributed by atoms with Crippen LogP contribution in [0, 0.1) is 0 Å². The van der Waals surface area contributed by atoms with Gasteiger partial charge < -0.3 is 10.2 Å². The van der Waals surface area contributed by atoms with E-state index in [0.29, 0.717) is 18.0 Å². The van der Waals surface area contributed by atoms with Gasteiger partial charge >= 0.3 is 0 Å². The van der Waals surface area contributed by atoms with Gasteiger partial charge in [0.25, 0.3) is 0 Å². The molecule has 0 saturated carbocycles. The Labute approximate surface area is 90.7 Å². The van der Waals surface area contributed by atoms with Crippen LogP contribution in [0.2, 0.25) is 0 Å². The first-order valence-corrected chi connectivity index (χ1v) is 5.34. The molecule has 78 valence electrons. The van der Waals surface area contributed by atoms with E-state index in [2.05, 4.69) is 4.98 Å². The molecule has 2 aromatic heterocycles. The molecule has 0 atom stereocenters. The zero-order chi connectivity index (χ0) is 10.7. The largest absolute Gasteiger partial charge is 0.472 e. The highest BCUT2D eigenvalue weighted by atomic mass is 32.1. The highest BCUT2D eigenvalue weighted by Gasteiger charge is 2.08. The Morgan fingerprint density at radius 2 is 2.40 bits per heavy atom. The van der Waals surface area contributed by atoms with Crippen molar-refractivity contribution < 1.29 is 9.21 Å². The number of ketones is 1. The number of Topliss-reactive ketones (excluding diaryl/α,β-unsaturated/α-hetero) is 1. The Balaban J connectivity index is 1.93. The van der Waals surface area contributed by atoms with Crippen molar-refractivity contribution in [1.29, 1.82) is 0 Å². The third-order valence-electron chi connectivity index (χ3n) is 1.93. The molecule has 0 aliphatic carbocycles. The van der Waals surface area contributed by atoms with Gasteiger partial charge in [0.05, 0.1) is 18.2 Å². The molecular weight excluding hydrogens is 212 g/mol. The molecule has 0 unspecified atom stereocenters. The number of hydrogen-bond acceptors (Lipinski definition) is 5. The zero-order valence-corrected chi connectivity index (χ0v) is 8.79. The minimum atomic E-state index is 0.113.